The van der Waals surface area contributed by atoms with Crippen LogP contribution < -0.4 is 5.32 Å². The third-order valence-corrected chi connectivity index (χ3v) is 3.53. The average molecular weight is 311 g/mol. The number of benzene rings is 1. The molecule has 1 N–H and O–H groups in total. The number of amides is 2. The molecule has 114 valence electrons. The fourth-order valence-electron chi connectivity index (χ4n) is 1.71. The molecule has 0 spiro atoms. The smallest absolute Gasteiger partial charge is 0.282 e. The van der Waals surface area contributed by atoms with Crippen molar-refractivity contribution in [2.75, 3.05) is 20.4 Å². The molecule has 0 aromatic heterocycles. The lowest BCUT2D eigenvalue weighted by Gasteiger charge is -2.18. The Balaban J connectivity index is 3.05. The van der Waals surface area contributed by atoms with Crippen LogP contribution in [-0.4, -0.2) is 48.0 Å². The maximum absolute atomic E-state index is 12.2. The van der Waals surface area contributed by atoms with Crippen LogP contribution in [0, 0.1) is 10.1 Å². The first kappa shape index (κ1) is 17.0. The lowest BCUT2D eigenvalue weighted by Crippen LogP contribution is -2.44. The standard InChI is InChI=1S/C13H17N3O4S/c1-8(13(18)15(2)3)14-12(17)10-7-9(21-4)5-6-11(10)16(19)20/h5-8H,1-4H3,(H,14,17). The van der Waals surface area contributed by atoms with Gasteiger partial charge in [0.15, 0.2) is 0 Å². The van der Waals surface area contributed by atoms with Crippen molar-refractivity contribution in [1.82, 2.24) is 10.2 Å². The Morgan fingerprint density at radius 2 is 2.00 bits per heavy atom. The third kappa shape index (κ3) is 4.19. The number of thioether (sulfide) groups is 1. The van der Waals surface area contributed by atoms with Crippen molar-refractivity contribution in [1.29, 1.82) is 0 Å². The first-order valence-electron chi connectivity index (χ1n) is 6.12. The van der Waals surface area contributed by atoms with Gasteiger partial charge in [-0.05, 0) is 25.3 Å². The summed E-state index contributed by atoms with van der Waals surface area (Å²) >= 11 is 1.37. The lowest BCUT2D eigenvalue weighted by molar-refractivity contribution is -0.385. The number of nitrogens with zero attached hydrogens (tertiary/aromatic N) is 2. The average Bonchev–Trinajstić information content (AvgIpc) is 2.45. The Labute approximate surface area is 126 Å². The Morgan fingerprint density at radius 1 is 1.38 bits per heavy atom. The van der Waals surface area contributed by atoms with E-state index in [1.165, 1.54) is 35.7 Å². The van der Waals surface area contributed by atoms with E-state index in [2.05, 4.69) is 5.32 Å². The van der Waals surface area contributed by atoms with Gasteiger partial charge in [0.1, 0.15) is 11.6 Å². The Hall–Kier alpha value is -2.09. The van der Waals surface area contributed by atoms with Crippen molar-refractivity contribution in [3.05, 3.63) is 33.9 Å². The second kappa shape index (κ2) is 7.07. The molecule has 7 nitrogen and oxygen atoms in total. The van der Waals surface area contributed by atoms with E-state index in [1.807, 2.05) is 0 Å². The van der Waals surface area contributed by atoms with Gasteiger partial charge in [-0.2, -0.15) is 0 Å². The molecule has 0 saturated carbocycles. The summed E-state index contributed by atoms with van der Waals surface area (Å²) in [5.74, 6) is -0.924. The third-order valence-electron chi connectivity index (χ3n) is 2.80. The minimum absolute atomic E-state index is 0.0507. The van der Waals surface area contributed by atoms with Crippen molar-refractivity contribution < 1.29 is 14.5 Å². The van der Waals surface area contributed by atoms with Crippen LogP contribution >= 0.6 is 11.8 Å². The van der Waals surface area contributed by atoms with E-state index in [-0.39, 0.29) is 17.2 Å². The minimum atomic E-state index is -0.759. The van der Waals surface area contributed by atoms with Gasteiger partial charge in [-0.1, -0.05) is 0 Å². The summed E-state index contributed by atoms with van der Waals surface area (Å²) in [6, 6.07) is 3.56. The molecule has 2 amide bonds. The molecule has 1 rings (SSSR count). The van der Waals surface area contributed by atoms with E-state index in [9.17, 15) is 19.7 Å². The van der Waals surface area contributed by atoms with Crippen LogP contribution in [0.2, 0.25) is 0 Å². The van der Waals surface area contributed by atoms with Crippen LogP contribution in [0.15, 0.2) is 23.1 Å². The molecule has 0 radical (unpaired) electrons. The van der Waals surface area contributed by atoms with Crippen molar-refractivity contribution in [2.45, 2.75) is 17.9 Å². The number of nitro groups is 1. The van der Waals surface area contributed by atoms with Crippen LogP contribution in [0.25, 0.3) is 0 Å². The van der Waals surface area contributed by atoms with E-state index in [0.717, 1.165) is 4.90 Å². The highest BCUT2D eigenvalue weighted by atomic mass is 32.2. The number of nitro benzene ring substituents is 1. The lowest BCUT2D eigenvalue weighted by atomic mass is 10.1. The normalized spacial score (nSPS) is 11.6. The summed E-state index contributed by atoms with van der Waals surface area (Å²) in [6.07, 6.45) is 1.81. The second-order valence-electron chi connectivity index (χ2n) is 4.57. The molecule has 0 aliphatic carbocycles. The van der Waals surface area contributed by atoms with Crippen LogP contribution in [-0.2, 0) is 4.79 Å². The maximum Gasteiger partial charge on any atom is 0.282 e. The summed E-state index contributed by atoms with van der Waals surface area (Å²) in [4.78, 5) is 36.4. The van der Waals surface area contributed by atoms with Crippen LogP contribution in [0.1, 0.15) is 17.3 Å². The van der Waals surface area contributed by atoms with Gasteiger partial charge in [0.25, 0.3) is 11.6 Å². The molecular formula is C13H17N3O4S. The van der Waals surface area contributed by atoms with Crippen LogP contribution in [0.3, 0.4) is 0 Å². The molecule has 0 heterocycles. The summed E-state index contributed by atoms with van der Waals surface area (Å²) in [7, 11) is 3.14. The molecule has 0 bridgehead atoms. The number of hydrogen-bond acceptors (Lipinski definition) is 5. The Bertz CT molecular complexity index is 575. The number of rotatable bonds is 5. The number of nitrogens with one attached hydrogen (secondary N) is 1. The highest BCUT2D eigenvalue weighted by molar-refractivity contribution is 7.98. The van der Waals surface area contributed by atoms with Crippen molar-refractivity contribution in [2.24, 2.45) is 0 Å². The Morgan fingerprint density at radius 3 is 2.48 bits per heavy atom. The zero-order valence-corrected chi connectivity index (χ0v) is 13.1. The van der Waals surface area contributed by atoms with E-state index >= 15 is 0 Å². The second-order valence-corrected chi connectivity index (χ2v) is 5.45. The Kier molecular flexibility index (Phi) is 5.71. The molecule has 0 aliphatic heterocycles. The number of carbonyl (C=O) groups excluding carboxylic acids is 2. The number of likely N-dealkylation sites (N-methyl/N-ethyl adjacent to an activating group) is 1. The van der Waals surface area contributed by atoms with E-state index in [4.69, 9.17) is 0 Å². The topological polar surface area (TPSA) is 92.5 Å². The van der Waals surface area contributed by atoms with Gasteiger partial charge < -0.3 is 10.2 Å². The SMILES string of the molecule is CSc1ccc([N+](=O)[O-])c(C(=O)NC(C)C(=O)N(C)C)c1. The maximum atomic E-state index is 12.2. The van der Waals surface area contributed by atoms with Crippen molar-refractivity contribution in [3.63, 3.8) is 0 Å². The molecule has 1 unspecified atom stereocenters. The van der Waals surface area contributed by atoms with Gasteiger partial charge in [0.2, 0.25) is 5.91 Å². The minimum Gasteiger partial charge on any atom is -0.347 e. The summed E-state index contributed by atoms with van der Waals surface area (Å²) < 4.78 is 0. The van der Waals surface area contributed by atoms with Gasteiger partial charge in [0.05, 0.1) is 4.92 Å². The van der Waals surface area contributed by atoms with Gasteiger partial charge in [-0.3, -0.25) is 19.7 Å². The molecular weight excluding hydrogens is 294 g/mol. The van der Waals surface area contributed by atoms with Crippen molar-refractivity contribution >= 4 is 29.3 Å². The highest BCUT2D eigenvalue weighted by Gasteiger charge is 2.24. The predicted molar refractivity (Wildman–Crippen MR) is 80.5 cm³/mol. The largest absolute Gasteiger partial charge is 0.347 e. The first-order chi connectivity index (χ1) is 9.77. The summed E-state index contributed by atoms with van der Waals surface area (Å²) in [6.45, 7) is 1.53. The van der Waals surface area contributed by atoms with Crippen LogP contribution in [0.5, 0.6) is 0 Å². The number of hydrogen-bond donors (Lipinski definition) is 1. The van der Waals surface area contributed by atoms with Crippen LogP contribution in [0.4, 0.5) is 5.69 Å². The zero-order chi connectivity index (χ0) is 16.2. The van der Waals surface area contributed by atoms with E-state index in [0.29, 0.717) is 0 Å². The van der Waals surface area contributed by atoms with E-state index in [1.54, 1.807) is 26.4 Å². The van der Waals surface area contributed by atoms with E-state index < -0.39 is 16.9 Å². The number of carbonyl (C=O) groups is 2. The fourth-order valence-corrected chi connectivity index (χ4v) is 2.15. The molecule has 1 atom stereocenters. The molecule has 1 aromatic rings. The van der Waals surface area contributed by atoms with Crippen molar-refractivity contribution in [3.8, 4) is 0 Å². The fraction of sp³-hybridized carbons (Fsp3) is 0.385. The quantitative estimate of drug-likeness (QED) is 0.505. The zero-order valence-electron chi connectivity index (χ0n) is 12.2. The monoisotopic (exact) mass is 311 g/mol. The van der Waals surface area contributed by atoms with Gasteiger partial charge in [-0.25, -0.2) is 0 Å². The molecule has 8 heteroatoms. The summed E-state index contributed by atoms with van der Waals surface area (Å²) in [5.41, 5.74) is -0.333. The molecule has 0 saturated heterocycles. The summed E-state index contributed by atoms with van der Waals surface area (Å²) in [5, 5.41) is 13.5. The molecule has 0 fully saturated rings. The highest BCUT2D eigenvalue weighted by Crippen LogP contribution is 2.24. The first-order valence-corrected chi connectivity index (χ1v) is 7.34. The van der Waals surface area contributed by atoms with Gasteiger partial charge in [0, 0.05) is 25.1 Å². The van der Waals surface area contributed by atoms with Gasteiger partial charge >= 0.3 is 0 Å². The molecule has 0 aliphatic rings. The molecule has 1 aromatic carbocycles. The van der Waals surface area contributed by atoms with Gasteiger partial charge in [-0.15, -0.1) is 11.8 Å². The predicted octanol–water partition coefficient (Wildman–Crippen LogP) is 1.52. The molecule has 21 heavy (non-hydrogen) atoms.